The van der Waals surface area contributed by atoms with E-state index in [2.05, 4.69) is 10.3 Å². The van der Waals surface area contributed by atoms with Crippen molar-refractivity contribution in [2.24, 2.45) is 5.73 Å². The summed E-state index contributed by atoms with van der Waals surface area (Å²) < 4.78 is 44.7. The highest BCUT2D eigenvalue weighted by Crippen LogP contribution is 2.28. The molecule has 2 aromatic carbocycles. The zero-order valence-corrected chi connectivity index (χ0v) is 19.8. The van der Waals surface area contributed by atoms with Crippen molar-refractivity contribution in [1.82, 2.24) is 10.3 Å². The van der Waals surface area contributed by atoms with Crippen LogP contribution >= 0.6 is 12.4 Å². The molecule has 186 valence electrons. The van der Waals surface area contributed by atoms with E-state index in [9.17, 15) is 13.6 Å². The topological polar surface area (TPSA) is 120 Å². The van der Waals surface area contributed by atoms with Gasteiger partial charge < -0.3 is 25.3 Å². The summed E-state index contributed by atoms with van der Waals surface area (Å²) >= 11 is 0. The summed E-state index contributed by atoms with van der Waals surface area (Å²) in [6.45, 7) is 0.111. The number of hydrogen-bond acceptors (Lipinski definition) is 6. The molecule has 0 spiro atoms. The van der Waals surface area contributed by atoms with Gasteiger partial charge in [-0.15, -0.1) is 12.4 Å². The molecule has 3 aromatic rings. The van der Waals surface area contributed by atoms with E-state index in [0.29, 0.717) is 22.6 Å². The van der Waals surface area contributed by atoms with Crippen molar-refractivity contribution in [3.63, 3.8) is 0 Å². The van der Waals surface area contributed by atoms with Gasteiger partial charge in [0.05, 0.1) is 18.4 Å². The molecule has 4 N–H and O–H groups in total. The van der Waals surface area contributed by atoms with Crippen LogP contribution in [-0.4, -0.2) is 30.9 Å². The number of benzene rings is 2. The van der Waals surface area contributed by atoms with Crippen LogP contribution in [0, 0.1) is 17.0 Å². The Hall–Kier alpha value is -3.76. The van der Waals surface area contributed by atoms with Crippen molar-refractivity contribution in [3.05, 3.63) is 88.7 Å². The normalized spacial score (nSPS) is 11.2. The highest BCUT2D eigenvalue weighted by Gasteiger charge is 2.28. The maximum Gasteiger partial charge on any atom is 0.254 e. The molecule has 0 aliphatic carbocycles. The molecule has 0 saturated heterocycles. The van der Waals surface area contributed by atoms with Gasteiger partial charge in [-0.1, -0.05) is 18.2 Å². The molecule has 1 amide bonds. The second-order valence-electron chi connectivity index (χ2n) is 7.18. The molecule has 3 rings (SSSR count). The third-order valence-electron chi connectivity index (χ3n) is 4.96. The first-order chi connectivity index (χ1) is 16.3. The standard InChI is InChI=1S/C24H24F2N4O4.ClH/c1-32-17-10-18(25)21(19(26)11-17)22(33-2)24(31)30-12-15-7-6-14(23(27)28)9-20(15)34-13-16-5-3-4-8-29-16;/h3-11,22H,12-13H2,1-2H3,(H3,27,28)(H,30,31);1H/t22-;/m0./s1. The Kier molecular flexibility index (Phi) is 9.92. The Morgan fingerprint density at radius 1 is 1.14 bits per heavy atom. The number of nitrogens with zero attached hydrogens (tertiary/aromatic N) is 1. The van der Waals surface area contributed by atoms with E-state index in [1.807, 2.05) is 6.07 Å². The molecule has 0 saturated carbocycles. The number of amidine groups is 1. The number of carbonyl (C=O) groups excluding carboxylic acids is 1. The third-order valence-corrected chi connectivity index (χ3v) is 4.96. The lowest BCUT2D eigenvalue weighted by atomic mass is 10.1. The minimum absolute atomic E-state index is 0. The van der Waals surface area contributed by atoms with Gasteiger partial charge in [0, 0.05) is 43.1 Å². The van der Waals surface area contributed by atoms with Gasteiger partial charge in [0.2, 0.25) is 0 Å². The zero-order valence-electron chi connectivity index (χ0n) is 19.0. The molecule has 0 fully saturated rings. The number of carbonyl (C=O) groups is 1. The van der Waals surface area contributed by atoms with Crippen molar-refractivity contribution >= 4 is 24.1 Å². The second-order valence-corrected chi connectivity index (χ2v) is 7.18. The molecular formula is C24H25ClF2N4O4. The minimum Gasteiger partial charge on any atom is -0.497 e. The van der Waals surface area contributed by atoms with Crippen LogP contribution in [0.1, 0.15) is 28.5 Å². The van der Waals surface area contributed by atoms with Crippen LogP contribution in [0.3, 0.4) is 0 Å². The molecule has 0 aliphatic rings. The van der Waals surface area contributed by atoms with Gasteiger partial charge in [-0.25, -0.2) is 8.78 Å². The number of nitrogens with two attached hydrogens (primary N) is 1. The Labute approximate surface area is 207 Å². The number of aromatic nitrogens is 1. The molecule has 1 aromatic heterocycles. The van der Waals surface area contributed by atoms with E-state index in [-0.39, 0.29) is 37.1 Å². The Bertz CT molecular complexity index is 1160. The molecule has 11 heteroatoms. The fourth-order valence-corrected chi connectivity index (χ4v) is 3.20. The van der Waals surface area contributed by atoms with E-state index in [0.717, 1.165) is 12.1 Å². The number of halogens is 3. The van der Waals surface area contributed by atoms with E-state index in [1.165, 1.54) is 14.2 Å². The smallest absolute Gasteiger partial charge is 0.254 e. The molecule has 0 aliphatic heterocycles. The Balaban J connectivity index is 0.00000432. The summed E-state index contributed by atoms with van der Waals surface area (Å²) in [5.41, 5.74) is 6.72. The predicted octanol–water partition coefficient (Wildman–Crippen LogP) is 3.66. The molecule has 35 heavy (non-hydrogen) atoms. The van der Waals surface area contributed by atoms with Gasteiger partial charge >= 0.3 is 0 Å². The summed E-state index contributed by atoms with van der Waals surface area (Å²) in [5.74, 6) is -2.49. The summed E-state index contributed by atoms with van der Waals surface area (Å²) in [4.78, 5) is 17.0. The fraction of sp³-hybridized carbons (Fsp3) is 0.208. The maximum absolute atomic E-state index is 14.5. The predicted molar refractivity (Wildman–Crippen MR) is 128 cm³/mol. The molecule has 0 bridgehead atoms. The Morgan fingerprint density at radius 2 is 1.86 bits per heavy atom. The lowest BCUT2D eigenvalue weighted by Crippen LogP contribution is -2.31. The lowest BCUT2D eigenvalue weighted by molar-refractivity contribution is -0.131. The number of nitrogens with one attached hydrogen (secondary N) is 2. The third kappa shape index (κ3) is 6.87. The van der Waals surface area contributed by atoms with Crippen LogP contribution in [-0.2, 0) is 22.7 Å². The molecule has 1 atom stereocenters. The first-order valence-corrected chi connectivity index (χ1v) is 10.2. The van der Waals surface area contributed by atoms with Gasteiger partial charge in [0.15, 0.2) is 6.10 Å². The van der Waals surface area contributed by atoms with Crippen LogP contribution in [0.4, 0.5) is 8.78 Å². The van der Waals surface area contributed by atoms with Crippen molar-refractivity contribution in [1.29, 1.82) is 5.41 Å². The van der Waals surface area contributed by atoms with Crippen LogP contribution in [0.25, 0.3) is 0 Å². The molecule has 0 radical (unpaired) electrons. The van der Waals surface area contributed by atoms with E-state index < -0.39 is 29.2 Å². The number of nitrogen functional groups attached to an aromatic ring is 1. The first kappa shape index (κ1) is 27.5. The monoisotopic (exact) mass is 506 g/mol. The van der Waals surface area contributed by atoms with Gasteiger partial charge in [0.25, 0.3) is 5.91 Å². The second kappa shape index (κ2) is 12.6. The lowest BCUT2D eigenvalue weighted by Gasteiger charge is -2.19. The van der Waals surface area contributed by atoms with E-state index in [4.69, 9.17) is 25.4 Å². The highest BCUT2D eigenvalue weighted by atomic mass is 35.5. The summed E-state index contributed by atoms with van der Waals surface area (Å²) in [5, 5.41) is 10.3. The molecule has 1 heterocycles. The van der Waals surface area contributed by atoms with Crippen molar-refractivity contribution in [2.75, 3.05) is 14.2 Å². The SMILES string of the molecule is COc1cc(F)c([C@H](OC)C(=O)NCc2ccc(C(=N)N)cc2OCc2ccccn2)c(F)c1.Cl. The summed E-state index contributed by atoms with van der Waals surface area (Å²) in [6.07, 6.45) is 0.106. The fourth-order valence-electron chi connectivity index (χ4n) is 3.20. The number of hydrogen-bond donors (Lipinski definition) is 3. The zero-order chi connectivity index (χ0) is 24.7. The molecular weight excluding hydrogens is 482 g/mol. The van der Waals surface area contributed by atoms with Crippen LogP contribution in [0.15, 0.2) is 54.7 Å². The van der Waals surface area contributed by atoms with Crippen LogP contribution < -0.4 is 20.5 Å². The van der Waals surface area contributed by atoms with Crippen molar-refractivity contribution < 1.29 is 27.8 Å². The maximum atomic E-state index is 14.5. The van der Waals surface area contributed by atoms with Gasteiger partial charge in [-0.2, -0.15) is 0 Å². The van der Waals surface area contributed by atoms with Gasteiger partial charge in [-0.3, -0.25) is 15.2 Å². The number of rotatable bonds is 10. The number of ether oxygens (including phenoxy) is 3. The van der Waals surface area contributed by atoms with Gasteiger partial charge in [0.1, 0.15) is 35.6 Å². The van der Waals surface area contributed by atoms with E-state index >= 15 is 0 Å². The quantitative estimate of drug-likeness (QED) is 0.285. The molecule has 0 unspecified atom stereocenters. The average Bonchev–Trinajstić information content (AvgIpc) is 2.84. The summed E-state index contributed by atoms with van der Waals surface area (Å²) in [7, 11) is 2.45. The van der Waals surface area contributed by atoms with Gasteiger partial charge in [-0.05, 0) is 18.2 Å². The summed E-state index contributed by atoms with van der Waals surface area (Å²) in [6, 6.07) is 12.2. The van der Waals surface area contributed by atoms with E-state index in [1.54, 1.807) is 36.5 Å². The largest absolute Gasteiger partial charge is 0.497 e. The highest BCUT2D eigenvalue weighted by molar-refractivity contribution is 5.95. The van der Waals surface area contributed by atoms with Crippen molar-refractivity contribution in [2.45, 2.75) is 19.3 Å². The van der Waals surface area contributed by atoms with Crippen LogP contribution in [0.2, 0.25) is 0 Å². The number of methoxy groups -OCH3 is 2. The first-order valence-electron chi connectivity index (χ1n) is 10.2. The Morgan fingerprint density at radius 3 is 2.43 bits per heavy atom. The van der Waals surface area contributed by atoms with Crippen LogP contribution in [0.5, 0.6) is 11.5 Å². The molecule has 8 nitrogen and oxygen atoms in total. The minimum atomic E-state index is -1.53. The number of amides is 1. The average molecular weight is 507 g/mol. The number of pyridine rings is 1. The van der Waals surface area contributed by atoms with Crippen molar-refractivity contribution in [3.8, 4) is 11.5 Å².